The van der Waals surface area contributed by atoms with Crippen molar-refractivity contribution >= 4 is 46.8 Å². The first-order chi connectivity index (χ1) is 14.5. The number of aliphatic imine (C=N–C) groups is 1. The summed E-state index contributed by atoms with van der Waals surface area (Å²) in [7, 11) is 1.57. The predicted octanol–water partition coefficient (Wildman–Crippen LogP) is 5.14. The van der Waals surface area contributed by atoms with Crippen molar-refractivity contribution in [1.82, 2.24) is 15.3 Å². The van der Waals surface area contributed by atoms with Crippen molar-refractivity contribution in [2.24, 2.45) is 4.99 Å². The molecular weight excluding hydrogens is 400 g/mol. The third-order valence-electron chi connectivity index (χ3n) is 4.22. The fourth-order valence-corrected chi connectivity index (χ4v) is 3.06. The second-order valence-corrected chi connectivity index (χ2v) is 6.82. The van der Waals surface area contributed by atoms with Gasteiger partial charge in [-0.05, 0) is 55.1 Å². The topological polar surface area (TPSA) is 91.3 Å². The number of anilines is 2. The van der Waals surface area contributed by atoms with Gasteiger partial charge in [0, 0.05) is 30.0 Å². The third kappa shape index (κ3) is 5.21. The molecule has 3 N–H and O–H groups in total. The minimum Gasteiger partial charge on any atom is -0.343 e. The molecule has 0 bridgehead atoms. The molecule has 0 unspecified atom stereocenters. The lowest BCUT2D eigenvalue weighted by Gasteiger charge is -2.11. The summed E-state index contributed by atoms with van der Waals surface area (Å²) in [5, 5.41) is 9.86. The Kier molecular flexibility index (Phi) is 6.77. The summed E-state index contributed by atoms with van der Waals surface area (Å²) in [6, 6.07) is 13.3. The van der Waals surface area contributed by atoms with Crippen molar-refractivity contribution in [2.75, 3.05) is 17.7 Å². The number of halogens is 1. The van der Waals surface area contributed by atoms with Gasteiger partial charge in [-0.25, -0.2) is 14.8 Å². The average molecular weight is 421 g/mol. The highest BCUT2D eigenvalue weighted by atomic mass is 35.5. The van der Waals surface area contributed by atoms with Crippen LogP contribution in [-0.2, 0) is 0 Å². The highest BCUT2D eigenvalue weighted by molar-refractivity contribution is 6.31. The Labute approximate surface area is 179 Å². The first-order valence-corrected chi connectivity index (χ1v) is 9.48. The van der Waals surface area contributed by atoms with Crippen molar-refractivity contribution in [2.45, 2.75) is 6.92 Å². The first kappa shape index (κ1) is 21.0. The Morgan fingerprint density at radius 3 is 2.53 bits per heavy atom. The average Bonchev–Trinajstić information content (AvgIpc) is 2.74. The quantitative estimate of drug-likeness (QED) is 0.380. The van der Waals surface area contributed by atoms with E-state index < -0.39 is 0 Å². The van der Waals surface area contributed by atoms with Gasteiger partial charge in [-0.2, -0.15) is 0 Å². The van der Waals surface area contributed by atoms with Crippen LogP contribution in [0.5, 0.6) is 0 Å². The second kappa shape index (κ2) is 9.67. The summed E-state index contributed by atoms with van der Waals surface area (Å²) in [6.45, 7) is 5.27. The fourth-order valence-electron chi connectivity index (χ4n) is 2.83. The molecule has 0 saturated heterocycles. The smallest absolute Gasteiger partial charge is 0.318 e. The summed E-state index contributed by atoms with van der Waals surface area (Å²) in [5.41, 5.74) is 4.34. The van der Waals surface area contributed by atoms with Crippen LogP contribution in [-0.4, -0.2) is 29.8 Å². The lowest BCUT2D eigenvalue weighted by molar-refractivity contribution is 0.254. The summed E-state index contributed by atoms with van der Waals surface area (Å²) >= 11 is 6.07. The Bertz CT molecular complexity index is 1140. The van der Waals surface area contributed by atoms with Gasteiger partial charge in [-0.1, -0.05) is 29.8 Å². The van der Waals surface area contributed by atoms with Crippen molar-refractivity contribution < 1.29 is 4.79 Å². The van der Waals surface area contributed by atoms with Gasteiger partial charge in [0.1, 0.15) is 12.1 Å². The number of carbonyl (C=O) groups excluding carboxylic acids is 1. The molecule has 0 aliphatic carbocycles. The monoisotopic (exact) mass is 420 g/mol. The van der Waals surface area contributed by atoms with Crippen molar-refractivity contribution in [3.05, 3.63) is 71.8 Å². The maximum absolute atomic E-state index is 11.4. The first-order valence-electron chi connectivity index (χ1n) is 9.11. The summed E-state index contributed by atoms with van der Waals surface area (Å²) < 4.78 is 0. The number of aromatic nitrogens is 2. The van der Waals surface area contributed by atoms with Crippen LogP contribution in [0.2, 0.25) is 0 Å². The van der Waals surface area contributed by atoms with Gasteiger partial charge in [0.25, 0.3) is 0 Å². The van der Waals surface area contributed by atoms with Crippen LogP contribution in [0.25, 0.3) is 22.0 Å². The molecule has 2 aromatic carbocycles. The predicted molar refractivity (Wildman–Crippen MR) is 124 cm³/mol. The normalized spacial score (nSPS) is 11.8. The zero-order valence-electron chi connectivity index (χ0n) is 16.6. The van der Waals surface area contributed by atoms with E-state index in [9.17, 15) is 4.79 Å². The van der Waals surface area contributed by atoms with Crippen LogP contribution in [0.15, 0.2) is 76.8 Å². The van der Waals surface area contributed by atoms with Gasteiger partial charge < -0.3 is 16.0 Å². The van der Waals surface area contributed by atoms with Crippen LogP contribution in [0.3, 0.4) is 0 Å². The van der Waals surface area contributed by atoms with Crippen molar-refractivity contribution in [1.29, 1.82) is 0 Å². The molecule has 0 fully saturated rings. The minimum atomic E-state index is -0.261. The van der Waals surface area contributed by atoms with E-state index in [1.807, 2.05) is 49.4 Å². The molecule has 0 radical (unpaired) electrons. The molecule has 3 rings (SSSR count). The molecule has 0 saturated carbocycles. The molecule has 0 aliphatic rings. The lowest BCUT2D eigenvalue weighted by Crippen LogP contribution is -2.24. The van der Waals surface area contributed by atoms with Crippen LogP contribution in [0, 0.1) is 0 Å². The molecule has 1 aromatic heterocycles. The van der Waals surface area contributed by atoms with Gasteiger partial charge in [0.05, 0.1) is 10.5 Å². The van der Waals surface area contributed by atoms with Crippen LogP contribution in [0.4, 0.5) is 16.3 Å². The van der Waals surface area contributed by atoms with Gasteiger partial charge in [0.2, 0.25) is 0 Å². The van der Waals surface area contributed by atoms with Crippen LogP contribution in [0.1, 0.15) is 6.92 Å². The minimum absolute atomic E-state index is 0.261. The van der Waals surface area contributed by atoms with E-state index >= 15 is 0 Å². The van der Waals surface area contributed by atoms with E-state index in [1.165, 1.54) is 12.5 Å². The molecule has 1 heterocycles. The third-order valence-corrected chi connectivity index (χ3v) is 4.43. The van der Waals surface area contributed by atoms with Gasteiger partial charge in [0.15, 0.2) is 0 Å². The van der Waals surface area contributed by atoms with E-state index in [4.69, 9.17) is 11.6 Å². The zero-order valence-corrected chi connectivity index (χ0v) is 17.4. The highest BCUT2D eigenvalue weighted by Gasteiger charge is 2.07. The molecule has 152 valence electrons. The largest absolute Gasteiger partial charge is 0.343 e. The maximum atomic E-state index is 11.4. The lowest BCUT2D eigenvalue weighted by atomic mass is 10.0. The fraction of sp³-hybridized carbons (Fsp3) is 0.0909. The number of benzene rings is 2. The molecule has 2 amide bonds. The summed E-state index contributed by atoms with van der Waals surface area (Å²) in [5.74, 6) is 0.671. The molecule has 0 aliphatic heterocycles. The number of allylic oxidation sites excluding steroid dienone is 3. The highest BCUT2D eigenvalue weighted by Crippen LogP contribution is 2.28. The molecule has 3 aromatic rings. The number of nitrogens with one attached hydrogen (secondary N) is 3. The molecule has 8 heteroatoms. The maximum Gasteiger partial charge on any atom is 0.318 e. The zero-order chi connectivity index (χ0) is 21.5. The molecule has 30 heavy (non-hydrogen) atoms. The van der Waals surface area contributed by atoms with E-state index in [1.54, 1.807) is 13.1 Å². The number of carbonyl (C=O) groups is 1. The van der Waals surface area contributed by atoms with Crippen LogP contribution >= 0.6 is 11.6 Å². The molecule has 0 spiro atoms. The Hall–Kier alpha value is -3.71. The summed E-state index contributed by atoms with van der Waals surface area (Å²) in [4.78, 5) is 23.8. The van der Waals surface area contributed by atoms with E-state index in [2.05, 4.69) is 37.6 Å². The van der Waals surface area contributed by atoms with Crippen LogP contribution < -0.4 is 16.0 Å². The Morgan fingerprint density at radius 2 is 1.83 bits per heavy atom. The van der Waals surface area contributed by atoms with E-state index in [-0.39, 0.29) is 6.03 Å². The van der Waals surface area contributed by atoms with Gasteiger partial charge >= 0.3 is 6.03 Å². The number of hydrogen-bond donors (Lipinski definition) is 3. The number of urea groups is 1. The SMILES string of the molecule is C=N/C=C(Cl)\C=C(/C)Nc1ncnc2ccc(-c3ccc(NC(=O)NC)cc3)cc12. The number of amides is 2. The van der Waals surface area contributed by atoms with Gasteiger partial charge in [-0.15, -0.1) is 0 Å². The van der Waals surface area contributed by atoms with Crippen molar-refractivity contribution in [3.8, 4) is 11.1 Å². The van der Waals surface area contributed by atoms with E-state index in [0.29, 0.717) is 16.5 Å². The number of rotatable bonds is 6. The number of nitrogens with zero attached hydrogens (tertiary/aromatic N) is 3. The molecular formula is C22H21ClN6O. The molecule has 7 nitrogen and oxygen atoms in total. The second-order valence-electron chi connectivity index (χ2n) is 6.38. The standard InChI is InChI=1S/C22H21ClN6O/c1-14(10-17(23)12-24-2)28-21-19-11-16(6-9-20(19)26-13-27-21)15-4-7-18(8-5-15)29-22(30)25-3/h4-13H,2H2,1,3H3,(H2,25,29,30)(H,26,27,28)/b14-10+,17-12+. The number of hydrogen-bond acceptors (Lipinski definition) is 5. The Morgan fingerprint density at radius 1 is 1.10 bits per heavy atom. The summed E-state index contributed by atoms with van der Waals surface area (Å²) in [6.07, 6.45) is 4.72. The number of fused-ring (bicyclic) bond motifs is 1. The van der Waals surface area contributed by atoms with Gasteiger partial charge in [-0.3, -0.25) is 4.99 Å². The molecule has 0 atom stereocenters. The van der Waals surface area contributed by atoms with E-state index in [0.717, 1.165) is 27.7 Å². The van der Waals surface area contributed by atoms with Crippen molar-refractivity contribution in [3.63, 3.8) is 0 Å². The Balaban J connectivity index is 1.92.